The fourth-order valence-electron chi connectivity index (χ4n) is 1.80. The Morgan fingerprint density at radius 1 is 1.12 bits per heavy atom. The monoisotopic (exact) mass is 230 g/mol. The normalized spacial score (nSPS) is 13.8. The molecular weight excluding hydrogens is 213 g/mol. The highest BCUT2D eigenvalue weighted by Gasteiger charge is 2.37. The molecule has 0 N–H and O–H groups in total. The van der Waals surface area contributed by atoms with Gasteiger partial charge < -0.3 is 0 Å². The molecule has 1 aromatic rings. The molecule has 0 saturated heterocycles. The van der Waals surface area contributed by atoms with E-state index in [1.54, 1.807) is 6.92 Å². The van der Waals surface area contributed by atoms with E-state index < -0.39 is 12.1 Å². The second-order valence-electron chi connectivity index (χ2n) is 4.02. The highest BCUT2D eigenvalue weighted by atomic mass is 19.4. The minimum absolute atomic E-state index is 0.179. The molecule has 0 radical (unpaired) electrons. The van der Waals surface area contributed by atoms with Crippen molar-refractivity contribution in [2.24, 2.45) is 5.92 Å². The summed E-state index contributed by atoms with van der Waals surface area (Å²) in [6, 6.07) is 9.64. The summed E-state index contributed by atoms with van der Waals surface area (Å²) in [7, 11) is 0. The van der Waals surface area contributed by atoms with Crippen LogP contribution in [0.15, 0.2) is 30.3 Å². The van der Waals surface area contributed by atoms with Crippen LogP contribution in [-0.4, -0.2) is 6.18 Å². The predicted octanol–water partition coefficient (Wildman–Crippen LogP) is 4.60. The first kappa shape index (κ1) is 13.1. The average Bonchev–Trinajstić information content (AvgIpc) is 2.24. The Kier molecular flexibility index (Phi) is 4.84. The molecule has 0 nitrogen and oxygen atoms in total. The number of alkyl halides is 3. The number of aryl methyl sites for hydroxylation is 1. The minimum Gasteiger partial charge on any atom is -0.171 e. The van der Waals surface area contributed by atoms with Gasteiger partial charge in [0.15, 0.2) is 0 Å². The van der Waals surface area contributed by atoms with Crippen LogP contribution in [0.1, 0.15) is 31.7 Å². The maximum Gasteiger partial charge on any atom is 0.391 e. The Hall–Kier alpha value is -0.990. The predicted molar refractivity (Wildman–Crippen MR) is 59.2 cm³/mol. The molecule has 0 amide bonds. The summed E-state index contributed by atoms with van der Waals surface area (Å²) in [4.78, 5) is 0. The molecule has 3 heteroatoms. The van der Waals surface area contributed by atoms with Crippen molar-refractivity contribution in [2.45, 2.75) is 38.8 Å². The van der Waals surface area contributed by atoms with Crippen LogP contribution in [0.3, 0.4) is 0 Å². The first-order valence-electron chi connectivity index (χ1n) is 5.64. The summed E-state index contributed by atoms with van der Waals surface area (Å²) in [6.45, 7) is 1.60. The maximum absolute atomic E-state index is 12.4. The van der Waals surface area contributed by atoms with E-state index in [4.69, 9.17) is 0 Å². The third-order valence-corrected chi connectivity index (χ3v) is 2.82. The highest BCUT2D eigenvalue weighted by Crippen LogP contribution is 2.32. The SMILES string of the molecule is CCC(CCCc1ccccc1)C(F)(F)F. The molecule has 0 spiro atoms. The van der Waals surface area contributed by atoms with Crippen molar-refractivity contribution >= 4 is 0 Å². The average molecular weight is 230 g/mol. The van der Waals surface area contributed by atoms with Crippen LogP contribution in [0.25, 0.3) is 0 Å². The van der Waals surface area contributed by atoms with Gasteiger partial charge in [-0.05, 0) is 31.2 Å². The Morgan fingerprint density at radius 2 is 1.75 bits per heavy atom. The first-order chi connectivity index (χ1) is 7.54. The Morgan fingerprint density at radius 3 is 2.25 bits per heavy atom. The Labute approximate surface area is 94.5 Å². The lowest BCUT2D eigenvalue weighted by molar-refractivity contribution is -0.177. The molecule has 0 fully saturated rings. The Bertz CT molecular complexity index is 290. The molecule has 1 unspecified atom stereocenters. The maximum atomic E-state index is 12.4. The van der Waals surface area contributed by atoms with Crippen LogP contribution in [-0.2, 0) is 6.42 Å². The van der Waals surface area contributed by atoms with Crippen molar-refractivity contribution in [3.05, 3.63) is 35.9 Å². The molecule has 0 saturated carbocycles. The van der Waals surface area contributed by atoms with E-state index in [1.165, 1.54) is 0 Å². The van der Waals surface area contributed by atoms with Gasteiger partial charge in [0, 0.05) is 0 Å². The molecule has 0 heterocycles. The zero-order valence-corrected chi connectivity index (χ0v) is 9.43. The van der Waals surface area contributed by atoms with Crippen molar-refractivity contribution < 1.29 is 13.2 Å². The summed E-state index contributed by atoms with van der Waals surface area (Å²) in [5.74, 6) is -1.14. The van der Waals surface area contributed by atoms with Crippen molar-refractivity contribution in [3.63, 3.8) is 0 Å². The zero-order chi connectivity index (χ0) is 12.0. The van der Waals surface area contributed by atoms with Gasteiger partial charge in [0.25, 0.3) is 0 Å². The van der Waals surface area contributed by atoms with Crippen LogP contribution in [0, 0.1) is 5.92 Å². The molecular formula is C13H17F3. The van der Waals surface area contributed by atoms with Crippen LogP contribution >= 0.6 is 0 Å². The standard InChI is InChI=1S/C13H17F3/c1-2-12(13(14,15)16)10-6-9-11-7-4-3-5-8-11/h3-5,7-8,12H,2,6,9-10H2,1H3. The molecule has 1 aromatic carbocycles. The summed E-state index contributed by atoms with van der Waals surface area (Å²) in [6.07, 6.45) is -2.30. The zero-order valence-electron chi connectivity index (χ0n) is 9.43. The highest BCUT2D eigenvalue weighted by molar-refractivity contribution is 5.14. The van der Waals surface area contributed by atoms with Crippen molar-refractivity contribution in [2.75, 3.05) is 0 Å². The van der Waals surface area contributed by atoms with Gasteiger partial charge >= 0.3 is 6.18 Å². The first-order valence-corrected chi connectivity index (χ1v) is 5.64. The van der Waals surface area contributed by atoms with E-state index in [0.717, 1.165) is 12.0 Å². The smallest absolute Gasteiger partial charge is 0.171 e. The van der Waals surface area contributed by atoms with Gasteiger partial charge in [-0.2, -0.15) is 13.2 Å². The van der Waals surface area contributed by atoms with Gasteiger partial charge in [0.2, 0.25) is 0 Å². The van der Waals surface area contributed by atoms with Gasteiger partial charge in [-0.25, -0.2) is 0 Å². The van der Waals surface area contributed by atoms with Crippen molar-refractivity contribution in [1.82, 2.24) is 0 Å². The molecule has 0 aliphatic rings. The quantitative estimate of drug-likeness (QED) is 0.693. The van der Waals surface area contributed by atoms with Crippen LogP contribution in [0.5, 0.6) is 0 Å². The molecule has 1 atom stereocenters. The molecule has 0 bridgehead atoms. The van der Waals surface area contributed by atoms with Crippen molar-refractivity contribution in [3.8, 4) is 0 Å². The van der Waals surface area contributed by atoms with E-state index in [9.17, 15) is 13.2 Å². The van der Waals surface area contributed by atoms with E-state index >= 15 is 0 Å². The molecule has 1 rings (SSSR count). The molecule has 0 aliphatic heterocycles. The van der Waals surface area contributed by atoms with Gasteiger partial charge in [0.1, 0.15) is 0 Å². The van der Waals surface area contributed by atoms with Crippen LogP contribution < -0.4 is 0 Å². The summed E-state index contributed by atoms with van der Waals surface area (Å²) >= 11 is 0. The van der Waals surface area contributed by atoms with Gasteiger partial charge in [-0.3, -0.25) is 0 Å². The number of halogens is 3. The lowest BCUT2D eigenvalue weighted by atomic mass is 9.97. The van der Waals surface area contributed by atoms with Crippen LogP contribution in [0.2, 0.25) is 0 Å². The largest absolute Gasteiger partial charge is 0.391 e. The van der Waals surface area contributed by atoms with E-state index in [2.05, 4.69) is 0 Å². The van der Waals surface area contributed by atoms with E-state index in [1.807, 2.05) is 30.3 Å². The molecule has 16 heavy (non-hydrogen) atoms. The fraction of sp³-hybridized carbons (Fsp3) is 0.538. The lowest BCUT2D eigenvalue weighted by Crippen LogP contribution is -2.22. The van der Waals surface area contributed by atoms with Crippen LogP contribution in [0.4, 0.5) is 13.2 Å². The van der Waals surface area contributed by atoms with Gasteiger partial charge in [-0.1, -0.05) is 37.3 Å². The number of hydrogen-bond donors (Lipinski definition) is 0. The van der Waals surface area contributed by atoms with Gasteiger partial charge in [-0.15, -0.1) is 0 Å². The second kappa shape index (κ2) is 5.92. The van der Waals surface area contributed by atoms with E-state index in [-0.39, 0.29) is 12.8 Å². The van der Waals surface area contributed by atoms with E-state index in [0.29, 0.717) is 6.42 Å². The third-order valence-electron chi connectivity index (χ3n) is 2.82. The molecule has 0 aromatic heterocycles. The minimum atomic E-state index is -4.04. The number of benzene rings is 1. The summed E-state index contributed by atoms with van der Waals surface area (Å²) < 4.78 is 37.3. The number of hydrogen-bond acceptors (Lipinski definition) is 0. The summed E-state index contributed by atoms with van der Waals surface area (Å²) in [5, 5.41) is 0. The second-order valence-corrected chi connectivity index (χ2v) is 4.02. The van der Waals surface area contributed by atoms with Crippen molar-refractivity contribution in [1.29, 1.82) is 0 Å². The number of rotatable bonds is 5. The lowest BCUT2D eigenvalue weighted by Gasteiger charge is -2.18. The van der Waals surface area contributed by atoms with Gasteiger partial charge in [0.05, 0.1) is 5.92 Å². The molecule has 0 aliphatic carbocycles. The molecule has 90 valence electrons. The Balaban J connectivity index is 2.35. The topological polar surface area (TPSA) is 0 Å². The fourth-order valence-corrected chi connectivity index (χ4v) is 1.80. The summed E-state index contributed by atoms with van der Waals surface area (Å²) in [5.41, 5.74) is 1.11. The third kappa shape index (κ3) is 4.25.